The van der Waals surface area contributed by atoms with Crippen LogP contribution >= 0.6 is 0 Å². The van der Waals surface area contributed by atoms with Crippen molar-refractivity contribution in [3.8, 4) is 0 Å². The van der Waals surface area contributed by atoms with E-state index in [2.05, 4.69) is 27.7 Å². The van der Waals surface area contributed by atoms with Crippen LogP contribution in [0.2, 0.25) is 0 Å². The monoisotopic (exact) mass is 404 g/mol. The quantitative estimate of drug-likeness (QED) is 0.485. The summed E-state index contributed by atoms with van der Waals surface area (Å²) in [4.78, 5) is 12.9. The SMILES string of the molecule is CC[C@@H](C)C(=O)O[C@@H]1c2c(C)coc2C[C@@]23O[C@@H]2C[C@H](O[C@@H](C)CC)[C@@H](C)[C@@]13C. The summed E-state index contributed by atoms with van der Waals surface area (Å²) in [7, 11) is 0. The molecule has 0 N–H and O–H groups in total. The van der Waals surface area contributed by atoms with Crippen molar-refractivity contribution in [3.05, 3.63) is 23.2 Å². The third kappa shape index (κ3) is 2.91. The Kier molecular flexibility index (Phi) is 5.14. The summed E-state index contributed by atoms with van der Waals surface area (Å²) >= 11 is 0. The Morgan fingerprint density at radius 1 is 1.31 bits per heavy atom. The van der Waals surface area contributed by atoms with Crippen LogP contribution in [0.1, 0.15) is 83.8 Å². The van der Waals surface area contributed by atoms with Crippen molar-refractivity contribution < 1.29 is 23.4 Å². The zero-order chi connectivity index (χ0) is 21.1. The van der Waals surface area contributed by atoms with Gasteiger partial charge in [-0.25, -0.2) is 0 Å². The van der Waals surface area contributed by atoms with E-state index in [1.807, 2.05) is 20.8 Å². The van der Waals surface area contributed by atoms with Gasteiger partial charge in [0, 0.05) is 23.8 Å². The molecule has 4 rings (SSSR count). The van der Waals surface area contributed by atoms with Gasteiger partial charge in [-0.15, -0.1) is 0 Å². The number of epoxide rings is 1. The minimum Gasteiger partial charge on any atom is -0.469 e. The van der Waals surface area contributed by atoms with Crippen LogP contribution in [0, 0.1) is 24.2 Å². The van der Waals surface area contributed by atoms with Gasteiger partial charge in [-0.05, 0) is 38.2 Å². The van der Waals surface area contributed by atoms with Crippen LogP contribution in [-0.4, -0.2) is 29.9 Å². The topological polar surface area (TPSA) is 61.2 Å². The van der Waals surface area contributed by atoms with Crippen LogP contribution in [-0.2, 0) is 25.4 Å². The lowest BCUT2D eigenvalue weighted by molar-refractivity contribution is -0.185. The molecule has 2 heterocycles. The summed E-state index contributed by atoms with van der Waals surface area (Å²) < 4.78 is 25.1. The number of carbonyl (C=O) groups is 1. The standard InChI is InChI=1S/C24H36O5/c1-8-13(3)22(25)28-21-20-14(4)12-26-18(20)11-24-19(29-24)10-17(27-15(5)9-2)16(6)23(21,24)7/h12-13,15-17,19,21H,8-11H2,1-7H3/t13-,15+,16-,17+,19-,21-,23+,24-/m1/s1. The normalized spacial score (nSPS) is 39.7. The van der Waals surface area contributed by atoms with Crippen LogP contribution < -0.4 is 0 Å². The molecule has 0 amide bonds. The molecule has 162 valence electrons. The maximum atomic E-state index is 12.9. The van der Waals surface area contributed by atoms with Crippen LogP contribution in [0.3, 0.4) is 0 Å². The maximum absolute atomic E-state index is 12.9. The number of furan rings is 1. The zero-order valence-electron chi connectivity index (χ0n) is 18.9. The van der Waals surface area contributed by atoms with Crippen molar-refractivity contribution in [2.24, 2.45) is 17.3 Å². The first-order valence-corrected chi connectivity index (χ1v) is 11.3. The van der Waals surface area contributed by atoms with Gasteiger partial charge in [0.05, 0.1) is 30.5 Å². The van der Waals surface area contributed by atoms with E-state index in [-0.39, 0.29) is 53.2 Å². The van der Waals surface area contributed by atoms with E-state index in [0.717, 1.165) is 42.6 Å². The van der Waals surface area contributed by atoms with Crippen molar-refractivity contribution >= 4 is 5.97 Å². The number of hydrogen-bond donors (Lipinski definition) is 0. The molecule has 0 aromatic carbocycles. The largest absolute Gasteiger partial charge is 0.469 e. The first-order chi connectivity index (χ1) is 13.7. The molecule has 1 spiro atoms. The molecule has 1 saturated heterocycles. The second-order valence-electron chi connectivity index (χ2n) is 9.76. The van der Waals surface area contributed by atoms with E-state index < -0.39 is 0 Å². The van der Waals surface area contributed by atoms with Crippen molar-refractivity contribution in [2.45, 2.75) is 104 Å². The van der Waals surface area contributed by atoms with Crippen molar-refractivity contribution in [3.63, 3.8) is 0 Å². The van der Waals surface area contributed by atoms with Gasteiger partial charge < -0.3 is 18.6 Å². The number of hydrogen-bond acceptors (Lipinski definition) is 5. The fourth-order valence-corrected chi connectivity index (χ4v) is 5.61. The van der Waals surface area contributed by atoms with E-state index in [1.54, 1.807) is 6.26 Å². The predicted octanol–water partition coefficient (Wildman–Crippen LogP) is 5.14. The summed E-state index contributed by atoms with van der Waals surface area (Å²) in [5, 5.41) is 0. The zero-order valence-corrected chi connectivity index (χ0v) is 18.9. The molecule has 2 aliphatic carbocycles. The van der Waals surface area contributed by atoms with Crippen LogP contribution in [0.15, 0.2) is 10.7 Å². The molecule has 5 nitrogen and oxygen atoms in total. The first kappa shape index (κ1) is 20.9. The molecule has 1 saturated carbocycles. The molecule has 5 heteroatoms. The number of carbonyl (C=O) groups excluding carboxylic acids is 1. The average molecular weight is 405 g/mol. The number of esters is 1. The van der Waals surface area contributed by atoms with Gasteiger partial charge in [0.15, 0.2) is 0 Å². The molecular formula is C24H36O5. The van der Waals surface area contributed by atoms with Crippen molar-refractivity contribution in [1.29, 1.82) is 0 Å². The van der Waals surface area contributed by atoms with Gasteiger partial charge >= 0.3 is 5.97 Å². The second-order valence-corrected chi connectivity index (χ2v) is 9.76. The molecule has 0 unspecified atom stereocenters. The van der Waals surface area contributed by atoms with Gasteiger partial charge in [-0.3, -0.25) is 4.79 Å². The molecule has 29 heavy (non-hydrogen) atoms. The molecule has 1 aromatic rings. The molecule has 2 fully saturated rings. The summed E-state index contributed by atoms with van der Waals surface area (Å²) in [6.45, 7) is 14.8. The number of rotatable bonds is 6. The third-order valence-corrected chi connectivity index (χ3v) is 8.24. The summed E-state index contributed by atoms with van der Waals surface area (Å²) in [6, 6.07) is 0. The fourth-order valence-electron chi connectivity index (χ4n) is 5.61. The Balaban J connectivity index is 1.76. The van der Waals surface area contributed by atoms with E-state index in [4.69, 9.17) is 18.6 Å². The first-order valence-electron chi connectivity index (χ1n) is 11.3. The highest BCUT2D eigenvalue weighted by Crippen LogP contribution is 2.70. The van der Waals surface area contributed by atoms with Gasteiger partial charge in [0.1, 0.15) is 17.5 Å². The van der Waals surface area contributed by atoms with Crippen LogP contribution in [0.5, 0.6) is 0 Å². The lowest BCUT2D eigenvalue weighted by Gasteiger charge is -2.53. The number of aryl methyl sites for hydroxylation is 1. The molecule has 0 bridgehead atoms. The van der Waals surface area contributed by atoms with Crippen molar-refractivity contribution in [1.82, 2.24) is 0 Å². The highest BCUT2D eigenvalue weighted by atomic mass is 16.6. The molecule has 3 aliphatic rings. The second kappa shape index (κ2) is 7.12. The number of fused-ring (bicyclic) bond motifs is 1. The minimum atomic E-state index is -0.380. The molecule has 0 radical (unpaired) electrons. The summed E-state index contributed by atoms with van der Waals surface area (Å²) in [5.74, 6) is 0.830. The maximum Gasteiger partial charge on any atom is 0.309 e. The Bertz CT molecular complexity index is 784. The fraction of sp³-hybridized carbons (Fsp3) is 0.792. The summed E-state index contributed by atoms with van der Waals surface area (Å²) in [6.07, 6.45) is 5.21. The van der Waals surface area contributed by atoms with E-state index in [1.165, 1.54) is 0 Å². The van der Waals surface area contributed by atoms with E-state index >= 15 is 0 Å². The Hall–Kier alpha value is -1.33. The van der Waals surface area contributed by atoms with E-state index in [9.17, 15) is 4.79 Å². The predicted molar refractivity (Wildman–Crippen MR) is 110 cm³/mol. The van der Waals surface area contributed by atoms with E-state index in [0.29, 0.717) is 0 Å². The van der Waals surface area contributed by atoms with Gasteiger partial charge in [0.25, 0.3) is 0 Å². The summed E-state index contributed by atoms with van der Waals surface area (Å²) in [5.41, 5.74) is 1.39. The molecular weight excluding hydrogens is 368 g/mol. The van der Waals surface area contributed by atoms with Gasteiger partial charge in [0.2, 0.25) is 0 Å². The lowest BCUT2D eigenvalue weighted by atomic mass is 9.53. The Labute approximate surface area is 174 Å². The molecule has 8 atom stereocenters. The Morgan fingerprint density at radius 2 is 2.03 bits per heavy atom. The highest BCUT2D eigenvalue weighted by Gasteiger charge is 2.77. The minimum absolute atomic E-state index is 0.0918. The lowest BCUT2D eigenvalue weighted by Crippen LogP contribution is -2.59. The Morgan fingerprint density at radius 3 is 2.69 bits per heavy atom. The van der Waals surface area contributed by atoms with Crippen LogP contribution in [0.4, 0.5) is 0 Å². The molecule has 1 aliphatic heterocycles. The molecule has 1 aromatic heterocycles. The smallest absolute Gasteiger partial charge is 0.309 e. The van der Waals surface area contributed by atoms with Crippen molar-refractivity contribution in [2.75, 3.05) is 0 Å². The third-order valence-electron chi connectivity index (χ3n) is 8.24. The highest BCUT2D eigenvalue weighted by molar-refractivity contribution is 5.72. The van der Waals surface area contributed by atoms with Gasteiger partial charge in [-0.1, -0.05) is 34.6 Å². The van der Waals surface area contributed by atoms with Gasteiger partial charge in [-0.2, -0.15) is 0 Å². The average Bonchev–Trinajstić information content (AvgIpc) is 3.28. The number of ether oxygens (including phenoxy) is 3. The van der Waals surface area contributed by atoms with Crippen LogP contribution in [0.25, 0.3) is 0 Å².